The molecule has 1 aliphatic heterocycles. The first-order valence-corrected chi connectivity index (χ1v) is 7.59. The van der Waals surface area contributed by atoms with Crippen LogP contribution in [0.15, 0.2) is 0 Å². The Balaban J connectivity index is 2.04. The van der Waals surface area contributed by atoms with E-state index in [1.165, 1.54) is 6.42 Å². The van der Waals surface area contributed by atoms with Gasteiger partial charge in [0, 0.05) is 18.6 Å². The molecule has 1 saturated carbocycles. The van der Waals surface area contributed by atoms with Crippen molar-refractivity contribution in [3.05, 3.63) is 0 Å². The molecule has 2 fully saturated rings. The lowest BCUT2D eigenvalue weighted by atomic mass is 9.87. The molecule has 0 bridgehead atoms. The predicted molar refractivity (Wildman–Crippen MR) is 74.6 cm³/mol. The summed E-state index contributed by atoms with van der Waals surface area (Å²) in [5.74, 6) is -0.113. The van der Waals surface area contributed by atoms with E-state index in [0.29, 0.717) is 12.1 Å². The number of likely N-dealkylation sites (tertiary alicyclic amines) is 1. The average Bonchev–Trinajstić information content (AvgIpc) is 3.21. The Morgan fingerprint density at radius 1 is 1.21 bits per heavy atom. The number of carbonyl (C=O) groups is 2. The van der Waals surface area contributed by atoms with Crippen molar-refractivity contribution in [2.75, 3.05) is 6.54 Å². The third-order valence-corrected chi connectivity index (χ3v) is 4.37. The predicted octanol–water partition coefficient (Wildman–Crippen LogP) is 2.08. The SMILES string of the molecule is CCC1CCCCN1C(=O)C(C)(C)C(=O)NC1CC1. The van der Waals surface area contributed by atoms with E-state index in [0.717, 1.165) is 38.6 Å². The maximum Gasteiger partial charge on any atom is 0.237 e. The molecule has 1 aliphatic carbocycles. The number of amides is 2. The Kier molecular flexibility index (Phi) is 4.16. The van der Waals surface area contributed by atoms with Crippen LogP contribution in [0.1, 0.15) is 59.3 Å². The molecule has 1 saturated heterocycles. The molecule has 108 valence electrons. The van der Waals surface area contributed by atoms with Crippen LogP contribution in [-0.2, 0) is 9.59 Å². The van der Waals surface area contributed by atoms with Gasteiger partial charge >= 0.3 is 0 Å². The molecule has 1 atom stereocenters. The molecule has 1 unspecified atom stereocenters. The van der Waals surface area contributed by atoms with Gasteiger partial charge in [-0.25, -0.2) is 0 Å². The van der Waals surface area contributed by atoms with Crippen LogP contribution in [0, 0.1) is 5.41 Å². The van der Waals surface area contributed by atoms with E-state index < -0.39 is 5.41 Å². The second-order valence-electron chi connectivity index (χ2n) is 6.43. The normalized spacial score (nSPS) is 24.2. The van der Waals surface area contributed by atoms with Gasteiger partial charge in [-0.2, -0.15) is 0 Å². The van der Waals surface area contributed by atoms with Gasteiger partial charge in [-0.3, -0.25) is 9.59 Å². The summed E-state index contributed by atoms with van der Waals surface area (Å²) >= 11 is 0. The van der Waals surface area contributed by atoms with Crippen LogP contribution < -0.4 is 5.32 Å². The maximum atomic E-state index is 12.7. The van der Waals surface area contributed by atoms with Gasteiger partial charge in [-0.05, 0) is 52.4 Å². The van der Waals surface area contributed by atoms with Crippen molar-refractivity contribution in [3.63, 3.8) is 0 Å². The van der Waals surface area contributed by atoms with Crippen molar-refractivity contribution in [1.82, 2.24) is 10.2 Å². The van der Waals surface area contributed by atoms with E-state index >= 15 is 0 Å². The lowest BCUT2D eigenvalue weighted by Gasteiger charge is -2.39. The van der Waals surface area contributed by atoms with Crippen LogP contribution in [0.4, 0.5) is 0 Å². The van der Waals surface area contributed by atoms with E-state index in [2.05, 4.69) is 12.2 Å². The van der Waals surface area contributed by atoms with E-state index in [4.69, 9.17) is 0 Å². The van der Waals surface area contributed by atoms with Gasteiger partial charge in [0.2, 0.25) is 11.8 Å². The Labute approximate surface area is 115 Å². The topological polar surface area (TPSA) is 49.4 Å². The number of hydrogen-bond donors (Lipinski definition) is 1. The summed E-state index contributed by atoms with van der Waals surface area (Å²) in [5.41, 5.74) is -0.937. The molecule has 0 aromatic heterocycles. The number of nitrogens with one attached hydrogen (secondary N) is 1. The fraction of sp³-hybridized carbons (Fsp3) is 0.867. The number of carbonyl (C=O) groups excluding carboxylic acids is 2. The molecule has 4 nitrogen and oxygen atoms in total. The van der Waals surface area contributed by atoms with Crippen LogP contribution in [0.25, 0.3) is 0 Å². The summed E-state index contributed by atoms with van der Waals surface area (Å²) in [7, 11) is 0. The standard InChI is InChI=1S/C15H26N2O2/c1-4-12-7-5-6-10-17(12)14(19)15(2,3)13(18)16-11-8-9-11/h11-12H,4-10H2,1-3H3,(H,16,18). The van der Waals surface area contributed by atoms with Crippen molar-refractivity contribution < 1.29 is 9.59 Å². The first kappa shape index (κ1) is 14.4. The second kappa shape index (κ2) is 5.51. The van der Waals surface area contributed by atoms with Gasteiger partial charge in [-0.15, -0.1) is 0 Å². The van der Waals surface area contributed by atoms with Crippen LogP contribution in [0.2, 0.25) is 0 Å². The minimum Gasteiger partial charge on any atom is -0.352 e. The Morgan fingerprint density at radius 2 is 1.89 bits per heavy atom. The lowest BCUT2D eigenvalue weighted by molar-refractivity contribution is -0.151. The van der Waals surface area contributed by atoms with Gasteiger partial charge in [0.05, 0.1) is 0 Å². The first-order chi connectivity index (χ1) is 8.96. The van der Waals surface area contributed by atoms with Crippen LogP contribution >= 0.6 is 0 Å². The third-order valence-electron chi connectivity index (χ3n) is 4.37. The largest absolute Gasteiger partial charge is 0.352 e. The van der Waals surface area contributed by atoms with Crippen molar-refractivity contribution in [2.45, 2.75) is 71.4 Å². The van der Waals surface area contributed by atoms with Crippen molar-refractivity contribution in [2.24, 2.45) is 5.41 Å². The molecule has 0 radical (unpaired) electrons. The highest BCUT2D eigenvalue weighted by molar-refractivity contribution is 6.04. The van der Waals surface area contributed by atoms with Crippen molar-refractivity contribution >= 4 is 11.8 Å². The molecular formula is C15H26N2O2. The Morgan fingerprint density at radius 3 is 2.47 bits per heavy atom. The molecule has 4 heteroatoms. The van der Waals surface area contributed by atoms with Crippen molar-refractivity contribution in [3.8, 4) is 0 Å². The number of nitrogens with zero attached hydrogens (tertiary/aromatic N) is 1. The zero-order valence-electron chi connectivity index (χ0n) is 12.4. The zero-order chi connectivity index (χ0) is 14.0. The molecule has 1 N–H and O–H groups in total. The fourth-order valence-electron chi connectivity index (χ4n) is 2.74. The summed E-state index contributed by atoms with van der Waals surface area (Å²) in [6.45, 7) is 6.44. The summed E-state index contributed by atoms with van der Waals surface area (Å²) in [5, 5.41) is 2.96. The second-order valence-corrected chi connectivity index (χ2v) is 6.43. The van der Waals surface area contributed by atoms with Gasteiger partial charge < -0.3 is 10.2 Å². The molecule has 1 heterocycles. The molecular weight excluding hydrogens is 240 g/mol. The quantitative estimate of drug-likeness (QED) is 0.792. The van der Waals surface area contributed by atoms with E-state index in [1.807, 2.05) is 4.90 Å². The van der Waals surface area contributed by atoms with Gasteiger partial charge in [-0.1, -0.05) is 6.92 Å². The summed E-state index contributed by atoms with van der Waals surface area (Å²) in [6.07, 6.45) is 6.41. The highest BCUT2D eigenvalue weighted by atomic mass is 16.2. The Bertz CT molecular complexity index is 361. The monoisotopic (exact) mass is 266 g/mol. The molecule has 2 rings (SSSR count). The highest BCUT2D eigenvalue weighted by Crippen LogP contribution is 2.28. The van der Waals surface area contributed by atoms with Gasteiger partial charge in [0.25, 0.3) is 0 Å². The van der Waals surface area contributed by atoms with Crippen molar-refractivity contribution in [1.29, 1.82) is 0 Å². The van der Waals surface area contributed by atoms with Crippen LogP contribution in [-0.4, -0.2) is 35.3 Å². The molecule has 0 spiro atoms. The van der Waals surface area contributed by atoms with E-state index in [1.54, 1.807) is 13.8 Å². The molecule has 19 heavy (non-hydrogen) atoms. The maximum absolute atomic E-state index is 12.7. The smallest absolute Gasteiger partial charge is 0.237 e. The third kappa shape index (κ3) is 3.10. The highest BCUT2D eigenvalue weighted by Gasteiger charge is 2.43. The van der Waals surface area contributed by atoms with Gasteiger partial charge in [0.1, 0.15) is 5.41 Å². The Hall–Kier alpha value is -1.06. The number of hydrogen-bond acceptors (Lipinski definition) is 2. The first-order valence-electron chi connectivity index (χ1n) is 7.59. The van der Waals surface area contributed by atoms with E-state index in [9.17, 15) is 9.59 Å². The van der Waals surface area contributed by atoms with Crippen LogP contribution in [0.5, 0.6) is 0 Å². The van der Waals surface area contributed by atoms with Gasteiger partial charge in [0.15, 0.2) is 0 Å². The van der Waals surface area contributed by atoms with E-state index in [-0.39, 0.29) is 11.8 Å². The average molecular weight is 266 g/mol. The zero-order valence-corrected chi connectivity index (χ0v) is 12.4. The van der Waals surface area contributed by atoms with Crippen LogP contribution in [0.3, 0.4) is 0 Å². The summed E-state index contributed by atoms with van der Waals surface area (Å²) in [4.78, 5) is 26.9. The minimum atomic E-state index is -0.937. The molecule has 2 aliphatic rings. The molecule has 0 aromatic rings. The molecule has 0 aromatic carbocycles. The fourth-order valence-corrected chi connectivity index (χ4v) is 2.74. The molecule has 2 amide bonds. The summed E-state index contributed by atoms with van der Waals surface area (Å²) in [6, 6.07) is 0.622. The summed E-state index contributed by atoms with van der Waals surface area (Å²) < 4.78 is 0. The lowest BCUT2D eigenvalue weighted by Crippen LogP contribution is -2.54. The number of rotatable bonds is 4. The minimum absolute atomic E-state index is 0.00259. The number of piperidine rings is 1.